The van der Waals surface area contributed by atoms with Gasteiger partial charge in [-0.2, -0.15) is 0 Å². The van der Waals surface area contributed by atoms with Crippen molar-refractivity contribution in [2.24, 2.45) is 17.6 Å². The quantitative estimate of drug-likeness (QED) is 0.895. The van der Waals surface area contributed by atoms with Gasteiger partial charge in [-0.1, -0.05) is 26.0 Å². The zero-order valence-electron chi connectivity index (χ0n) is 13.1. The van der Waals surface area contributed by atoms with Gasteiger partial charge < -0.3 is 16.0 Å². The number of anilines is 1. The van der Waals surface area contributed by atoms with Crippen LogP contribution < -0.4 is 11.1 Å². The van der Waals surface area contributed by atoms with Gasteiger partial charge in [0.25, 0.3) is 0 Å². The smallest absolute Gasteiger partial charge is 0.321 e. The lowest BCUT2D eigenvalue weighted by atomic mass is 9.89. The molecule has 3 N–H and O–H groups in total. The van der Waals surface area contributed by atoms with Gasteiger partial charge in [0.15, 0.2) is 0 Å². The largest absolute Gasteiger partial charge is 0.326 e. The molecule has 0 spiro atoms. The zero-order chi connectivity index (χ0) is 15.2. The van der Waals surface area contributed by atoms with Crippen molar-refractivity contribution in [1.29, 1.82) is 0 Å². The third-order valence-corrected chi connectivity index (χ3v) is 4.42. The molecular formula is C17H27N3O. The molecule has 0 bridgehead atoms. The third-order valence-electron chi connectivity index (χ3n) is 4.42. The highest BCUT2D eigenvalue weighted by Gasteiger charge is 2.22. The summed E-state index contributed by atoms with van der Waals surface area (Å²) in [6.07, 6.45) is 3.43. The maximum Gasteiger partial charge on any atom is 0.321 e. The number of likely N-dealkylation sites (tertiary alicyclic amines) is 1. The molecule has 1 atom stereocenters. The van der Waals surface area contributed by atoms with Gasteiger partial charge in [-0.3, -0.25) is 0 Å². The molecule has 0 aliphatic carbocycles. The molecule has 0 aromatic heterocycles. The predicted molar refractivity (Wildman–Crippen MR) is 87.1 cm³/mol. The topological polar surface area (TPSA) is 58.4 Å². The van der Waals surface area contributed by atoms with Crippen LogP contribution in [0.25, 0.3) is 0 Å². The van der Waals surface area contributed by atoms with Crippen molar-refractivity contribution >= 4 is 11.7 Å². The number of hydrogen-bond donors (Lipinski definition) is 2. The SMILES string of the molecule is CC(C)C1CCCN(C(=O)Nc2cccc(CN)c2)CC1. The lowest BCUT2D eigenvalue weighted by molar-refractivity contribution is 0.212. The molecule has 21 heavy (non-hydrogen) atoms. The molecule has 116 valence electrons. The van der Waals surface area contributed by atoms with Gasteiger partial charge in [-0.15, -0.1) is 0 Å². The van der Waals surface area contributed by atoms with Crippen LogP contribution in [0.4, 0.5) is 10.5 Å². The van der Waals surface area contributed by atoms with E-state index in [1.165, 1.54) is 6.42 Å². The Labute approximate surface area is 127 Å². The molecule has 1 saturated heterocycles. The lowest BCUT2D eigenvalue weighted by Gasteiger charge is -2.22. The van der Waals surface area contributed by atoms with Gasteiger partial charge in [-0.05, 0) is 48.8 Å². The van der Waals surface area contributed by atoms with Crippen LogP contribution in [0.15, 0.2) is 24.3 Å². The van der Waals surface area contributed by atoms with Crippen molar-refractivity contribution in [3.63, 3.8) is 0 Å². The van der Waals surface area contributed by atoms with Gasteiger partial charge >= 0.3 is 6.03 Å². The second-order valence-corrected chi connectivity index (χ2v) is 6.26. The van der Waals surface area contributed by atoms with E-state index in [4.69, 9.17) is 5.73 Å². The van der Waals surface area contributed by atoms with Gasteiger partial charge in [0.1, 0.15) is 0 Å². The standard InChI is InChI=1S/C17H27N3O/c1-13(2)15-6-4-9-20(10-8-15)17(21)19-16-7-3-5-14(11-16)12-18/h3,5,7,11,13,15H,4,6,8-10,12,18H2,1-2H3,(H,19,21). The molecule has 4 nitrogen and oxygen atoms in total. The minimum absolute atomic E-state index is 0.00794. The van der Waals surface area contributed by atoms with Gasteiger partial charge in [-0.25, -0.2) is 4.79 Å². The van der Waals surface area contributed by atoms with Crippen molar-refractivity contribution in [2.75, 3.05) is 18.4 Å². The lowest BCUT2D eigenvalue weighted by Crippen LogP contribution is -2.35. The van der Waals surface area contributed by atoms with Gasteiger partial charge in [0.05, 0.1) is 0 Å². The first kappa shape index (κ1) is 15.8. The number of urea groups is 1. The third kappa shape index (κ3) is 4.46. The molecule has 0 saturated carbocycles. The van der Waals surface area contributed by atoms with E-state index >= 15 is 0 Å². The normalized spacial score (nSPS) is 19.4. The molecule has 2 rings (SSSR count). The Morgan fingerprint density at radius 1 is 1.38 bits per heavy atom. The maximum atomic E-state index is 12.4. The van der Waals surface area contributed by atoms with Crippen molar-refractivity contribution < 1.29 is 4.79 Å². The Bertz CT molecular complexity index is 473. The van der Waals surface area contributed by atoms with Crippen LogP contribution in [0, 0.1) is 11.8 Å². The van der Waals surface area contributed by atoms with Crippen LogP contribution in [0.3, 0.4) is 0 Å². The van der Waals surface area contributed by atoms with Crippen molar-refractivity contribution in [3.05, 3.63) is 29.8 Å². The summed E-state index contributed by atoms with van der Waals surface area (Å²) in [5.41, 5.74) is 7.49. The fourth-order valence-electron chi connectivity index (χ4n) is 2.97. The number of rotatable bonds is 3. The van der Waals surface area contributed by atoms with E-state index in [0.717, 1.165) is 43.1 Å². The maximum absolute atomic E-state index is 12.4. The highest BCUT2D eigenvalue weighted by Crippen LogP contribution is 2.24. The minimum Gasteiger partial charge on any atom is -0.326 e. The van der Waals surface area contributed by atoms with Crippen LogP contribution >= 0.6 is 0 Å². The minimum atomic E-state index is 0.00794. The van der Waals surface area contributed by atoms with E-state index in [1.54, 1.807) is 0 Å². The summed E-state index contributed by atoms with van der Waals surface area (Å²) in [5, 5.41) is 2.99. The molecule has 1 aromatic carbocycles. The van der Waals surface area contributed by atoms with Gasteiger partial charge in [0.2, 0.25) is 0 Å². The molecular weight excluding hydrogens is 262 g/mol. The molecule has 1 aromatic rings. The highest BCUT2D eigenvalue weighted by atomic mass is 16.2. The van der Waals surface area contributed by atoms with Crippen LogP contribution in [-0.4, -0.2) is 24.0 Å². The second-order valence-electron chi connectivity index (χ2n) is 6.26. The summed E-state index contributed by atoms with van der Waals surface area (Å²) in [7, 11) is 0. The average Bonchev–Trinajstić information content (AvgIpc) is 2.73. The molecule has 0 radical (unpaired) electrons. The van der Waals surface area contributed by atoms with Crippen LogP contribution in [0.1, 0.15) is 38.7 Å². The van der Waals surface area contributed by atoms with Crippen LogP contribution in [-0.2, 0) is 6.54 Å². The zero-order valence-corrected chi connectivity index (χ0v) is 13.1. The first-order valence-electron chi connectivity index (χ1n) is 7.95. The summed E-state index contributed by atoms with van der Waals surface area (Å²) in [4.78, 5) is 14.3. The Balaban J connectivity index is 1.93. The first-order chi connectivity index (χ1) is 10.1. The van der Waals surface area contributed by atoms with E-state index in [2.05, 4.69) is 19.2 Å². The summed E-state index contributed by atoms with van der Waals surface area (Å²) in [5.74, 6) is 1.44. The molecule has 2 amide bonds. The van der Waals surface area contributed by atoms with E-state index in [-0.39, 0.29) is 6.03 Å². The fourth-order valence-corrected chi connectivity index (χ4v) is 2.97. The summed E-state index contributed by atoms with van der Waals surface area (Å²) >= 11 is 0. The van der Waals surface area contributed by atoms with Crippen LogP contribution in [0.5, 0.6) is 0 Å². The number of nitrogens with one attached hydrogen (secondary N) is 1. The van der Waals surface area contributed by atoms with E-state index < -0.39 is 0 Å². The average molecular weight is 289 g/mol. The Kier molecular flexibility index (Phi) is 5.62. The molecule has 1 aliphatic heterocycles. The first-order valence-corrected chi connectivity index (χ1v) is 7.95. The Morgan fingerprint density at radius 2 is 2.19 bits per heavy atom. The van der Waals surface area contributed by atoms with Crippen molar-refractivity contribution in [1.82, 2.24) is 4.90 Å². The fraction of sp³-hybridized carbons (Fsp3) is 0.588. The molecule has 4 heteroatoms. The number of nitrogens with zero attached hydrogens (tertiary/aromatic N) is 1. The van der Waals surface area contributed by atoms with Crippen molar-refractivity contribution in [3.8, 4) is 0 Å². The monoisotopic (exact) mass is 289 g/mol. The number of amides is 2. The van der Waals surface area contributed by atoms with Crippen molar-refractivity contribution in [2.45, 2.75) is 39.7 Å². The number of benzene rings is 1. The number of carbonyl (C=O) groups excluding carboxylic acids is 1. The highest BCUT2D eigenvalue weighted by molar-refractivity contribution is 5.89. The Morgan fingerprint density at radius 3 is 2.90 bits per heavy atom. The van der Waals surface area contributed by atoms with Gasteiger partial charge in [0, 0.05) is 25.3 Å². The second kappa shape index (κ2) is 7.46. The Hall–Kier alpha value is -1.55. The van der Waals surface area contributed by atoms with E-state index in [0.29, 0.717) is 12.5 Å². The number of nitrogens with two attached hydrogens (primary N) is 1. The summed E-state index contributed by atoms with van der Waals surface area (Å²) in [6, 6.07) is 7.75. The number of hydrogen-bond acceptors (Lipinski definition) is 2. The summed E-state index contributed by atoms with van der Waals surface area (Å²) in [6.45, 7) is 6.75. The molecule has 1 unspecified atom stereocenters. The number of carbonyl (C=O) groups is 1. The van der Waals surface area contributed by atoms with E-state index in [1.807, 2.05) is 29.2 Å². The summed E-state index contributed by atoms with van der Waals surface area (Å²) < 4.78 is 0. The van der Waals surface area contributed by atoms with E-state index in [9.17, 15) is 4.79 Å². The molecule has 1 fully saturated rings. The molecule has 1 heterocycles. The predicted octanol–water partition coefficient (Wildman–Crippen LogP) is 3.44. The molecule has 1 aliphatic rings. The van der Waals surface area contributed by atoms with Crippen LogP contribution in [0.2, 0.25) is 0 Å².